The maximum absolute atomic E-state index is 14.4. The van der Waals surface area contributed by atoms with Crippen LogP contribution in [0.5, 0.6) is 0 Å². The molecule has 9 nitrogen and oxygen atoms in total. The first kappa shape index (κ1) is 29.0. The van der Waals surface area contributed by atoms with Crippen molar-refractivity contribution in [3.05, 3.63) is 66.6 Å². The van der Waals surface area contributed by atoms with Crippen LogP contribution in [0.4, 0.5) is 44.1 Å². The van der Waals surface area contributed by atoms with Crippen molar-refractivity contribution in [2.45, 2.75) is 45.0 Å². The van der Waals surface area contributed by atoms with E-state index in [1.54, 1.807) is 32.9 Å². The van der Waals surface area contributed by atoms with E-state index in [1.165, 1.54) is 40.1 Å². The molecule has 0 spiro atoms. The van der Waals surface area contributed by atoms with Crippen LogP contribution in [-0.4, -0.2) is 56.6 Å². The molecule has 3 aromatic heterocycles. The summed E-state index contributed by atoms with van der Waals surface area (Å²) in [6.45, 7) is 4.71. The summed E-state index contributed by atoms with van der Waals surface area (Å²) in [5.74, 6) is -3.15. The van der Waals surface area contributed by atoms with Gasteiger partial charge in [-0.3, -0.25) is 4.98 Å². The first-order valence-electron chi connectivity index (χ1n) is 13.1. The van der Waals surface area contributed by atoms with Crippen molar-refractivity contribution in [2.75, 3.05) is 23.3 Å². The molecule has 4 aromatic rings. The number of rotatable bonds is 5. The van der Waals surface area contributed by atoms with Gasteiger partial charge in [-0.15, -0.1) is 0 Å². The van der Waals surface area contributed by atoms with E-state index in [-0.39, 0.29) is 36.7 Å². The van der Waals surface area contributed by atoms with E-state index in [2.05, 4.69) is 25.7 Å². The smallest absolute Gasteiger partial charge is 0.407 e. The molecule has 1 fully saturated rings. The zero-order valence-electron chi connectivity index (χ0n) is 22.9. The quantitative estimate of drug-likeness (QED) is 0.272. The Bertz CT molecular complexity index is 1580. The standard InChI is InChI=1S/C28H28F5N7O2/c1-27(2,3)42-26(41)36-17-11-16(28(31,32)33)14-39(15-17)23-9-10-34-13-22(23)37-25-35-12-18-7-8-21(38-40(18)25)24-19(29)5-4-6-20(24)30/h4-10,12-13,16-17H,11,14-15H2,1-3H3,(H,35,37)(H,36,41)/t16-,17+/m1/s1. The van der Waals surface area contributed by atoms with E-state index < -0.39 is 41.5 Å². The summed E-state index contributed by atoms with van der Waals surface area (Å²) in [7, 11) is 0. The number of nitrogens with one attached hydrogen (secondary N) is 2. The number of alkyl halides is 3. The van der Waals surface area contributed by atoms with Gasteiger partial charge in [0.05, 0.1) is 52.5 Å². The number of alkyl carbamates (subject to hydrolysis) is 1. The fraction of sp³-hybridized carbons (Fsp3) is 0.357. The minimum absolute atomic E-state index is 0.0191. The second-order valence-corrected chi connectivity index (χ2v) is 11.0. The highest BCUT2D eigenvalue weighted by Crippen LogP contribution is 2.37. The molecule has 14 heteroatoms. The van der Waals surface area contributed by atoms with E-state index in [4.69, 9.17) is 4.74 Å². The number of hydrogen-bond acceptors (Lipinski definition) is 7. The molecule has 1 aromatic carbocycles. The largest absolute Gasteiger partial charge is 0.444 e. The minimum atomic E-state index is -4.51. The molecule has 0 aliphatic carbocycles. The number of carbonyl (C=O) groups excluding carboxylic acids is 1. The van der Waals surface area contributed by atoms with Crippen LogP contribution in [0.2, 0.25) is 0 Å². The van der Waals surface area contributed by atoms with Crippen molar-refractivity contribution >= 4 is 28.9 Å². The van der Waals surface area contributed by atoms with Gasteiger partial charge in [0.1, 0.15) is 17.2 Å². The van der Waals surface area contributed by atoms with Crippen LogP contribution in [0, 0.1) is 17.6 Å². The van der Waals surface area contributed by atoms with E-state index in [1.807, 2.05) is 0 Å². The number of anilines is 3. The van der Waals surface area contributed by atoms with Crippen molar-refractivity contribution in [3.8, 4) is 11.3 Å². The summed E-state index contributed by atoms with van der Waals surface area (Å²) < 4.78 is 77.3. The van der Waals surface area contributed by atoms with Gasteiger partial charge in [-0.2, -0.15) is 22.8 Å². The summed E-state index contributed by atoms with van der Waals surface area (Å²) in [4.78, 5) is 22.3. The van der Waals surface area contributed by atoms with Gasteiger partial charge in [0.15, 0.2) is 0 Å². The van der Waals surface area contributed by atoms with Crippen LogP contribution < -0.4 is 15.5 Å². The lowest BCUT2D eigenvalue weighted by atomic mass is 9.93. The molecule has 2 atom stereocenters. The van der Waals surface area contributed by atoms with Crippen LogP contribution in [0.15, 0.2) is 55.0 Å². The van der Waals surface area contributed by atoms with Crippen molar-refractivity contribution < 1.29 is 31.5 Å². The normalized spacial score (nSPS) is 17.8. The van der Waals surface area contributed by atoms with Gasteiger partial charge in [-0.1, -0.05) is 6.07 Å². The molecular weight excluding hydrogens is 561 g/mol. The zero-order chi connectivity index (χ0) is 30.2. The highest BCUT2D eigenvalue weighted by Gasteiger charge is 2.45. The maximum Gasteiger partial charge on any atom is 0.407 e. The van der Waals surface area contributed by atoms with Crippen molar-refractivity contribution in [1.29, 1.82) is 0 Å². The molecule has 0 bridgehead atoms. The number of fused-ring (bicyclic) bond motifs is 1. The second kappa shape index (κ2) is 11.1. The molecular formula is C28H28F5N7O2. The van der Waals surface area contributed by atoms with Crippen LogP contribution in [0.1, 0.15) is 27.2 Å². The second-order valence-electron chi connectivity index (χ2n) is 11.0. The molecule has 0 radical (unpaired) electrons. The summed E-state index contributed by atoms with van der Waals surface area (Å²) >= 11 is 0. The SMILES string of the molecule is CC(C)(C)OC(=O)N[C@H]1C[C@@H](C(F)(F)F)CN(c2ccncc2Nc2ncc3ccc(-c4c(F)cccc4F)nn23)C1. The Morgan fingerprint density at radius 1 is 1.02 bits per heavy atom. The molecule has 0 saturated carbocycles. The molecule has 1 aliphatic heterocycles. The van der Waals surface area contributed by atoms with E-state index in [0.717, 1.165) is 12.1 Å². The number of ether oxygens (including phenoxy) is 1. The Morgan fingerprint density at radius 3 is 2.45 bits per heavy atom. The monoisotopic (exact) mass is 589 g/mol. The molecule has 1 amide bonds. The summed E-state index contributed by atoms with van der Waals surface area (Å²) in [6, 6.07) is 7.23. The maximum atomic E-state index is 14.4. The molecule has 222 valence electrons. The van der Waals surface area contributed by atoms with Crippen LogP contribution in [0.3, 0.4) is 0 Å². The third-order valence-corrected chi connectivity index (χ3v) is 6.62. The predicted octanol–water partition coefficient (Wildman–Crippen LogP) is 6.10. The van der Waals surface area contributed by atoms with E-state index >= 15 is 0 Å². The number of imidazole rings is 1. The van der Waals surface area contributed by atoms with Crippen molar-refractivity contribution in [1.82, 2.24) is 24.9 Å². The Hall–Kier alpha value is -4.49. The Morgan fingerprint density at radius 2 is 1.76 bits per heavy atom. The Kier molecular flexibility index (Phi) is 7.64. The van der Waals surface area contributed by atoms with Gasteiger partial charge in [0, 0.05) is 19.3 Å². The van der Waals surface area contributed by atoms with Gasteiger partial charge >= 0.3 is 12.3 Å². The number of aromatic nitrogens is 4. The van der Waals surface area contributed by atoms with Gasteiger partial charge in [0.2, 0.25) is 5.95 Å². The van der Waals surface area contributed by atoms with Crippen LogP contribution in [-0.2, 0) is 4.74 Å². The fourth-order valence-electron chi connectivity index (χ4n) is 4.84. The summed E-state index contributed by atoms with van der Waals surface area (Å²) in [6.07, 6.45) is -1.28. The first-order valence-corrected chi connectivity index (χ1v) is 13.1. The van der Waals surface area contributed by atoms with Gasteiger partial charge in [-0.05, 0) is 57.5 Å². The Balaban J connectivity index is 1.45. The third kappa shape index (κ3) is 6.37. The number of nitrogens with zero attached hydrogens (tertiary/aromatic N) is 5. The van der Waals surface area contributed by atoms with Gasteiger partial charge in [-0.25, -0.2) is 18.6 Å². The number of carbonyl (C=O) groups is 1. The van der Waals surface area contributed by atoms with E-state index in [9.17, 15) is 26.7 Å². The number of benzene rings is 1. The van der Waals surface area contributed by atoms with Gasteiger partial charge < -0.3 is 20.3 Å². The molecule has 5 rings (SSSR count). The number of hydrogen-bond donors (Lipinski definition) is 2. The lowest BCUT2D eigenvalue weighted by Gasteiger charge is -2.40. The summed E-state index contributed by atoms with van der Waals surface area (Å²) in [5, 5.41) is 9.97. The predicted molar refractivity (Wildman–Crippen MR) is 145 cm³/mol. The number of halogens is 5. The highest BCUT2D eigenvalue weighted by atomic mass is 19.4. The minimum Gasteiger partial charge on any atom is -0.444 e. The van der Waals surface area contributed by atoms with Crippen LogP contribution in [0.25, 0.3) is 16.8 Å². The topological polar surface area (TPSA) is 96.7 Å². The molecule has 4 heterocycles. The fourth-order valence-corrected chi connectivity index (χ4v) is 4.84. The average Bonchev–Trinajstić information content (AvgIpc) is 3.29. The van der Waals surface area contributed by atoms with Crippen molar-refractivity contribution in [3.63, 3.8) is 0 Å². The Labute approximate surface area is 237 Å². The summed E-state index contributed by atoms with van der Waals surface area (Å²) in [5.41, 5.74) is 0.0845. The molecule has 2 N–H and O–H groups in total. The number of pyridine rings is 1. The molecule has 1 saturated heterocycles. The third-order valence-electron chi connectivity index (χ3n) is 6.62. The van der Waals surface area contributed by atoms with Gasteiger partial charge in [0.25, 0.3) is 0 Å². The van der Waals surface area contributed by atoms with E-state index in [0.29, 0.717) is 16.9 Å². The first-order chi connectivity index (χ1) is 19.8. The average molecular weight is 590 g/mol. The molecule has 0 unspecified atom stereocenters. The number of amides is 1. The zero-order valence-corrected chi connectivity index (χ0v) is 22.9. The van der Waals surface area contributed by atoms with Crippen molar-refractivity contribution in [2.24, 2.45) is 5.92 Å². The number of piperidine rings is 1. The molecule has 1 aliphatic rings. The highest BCUT2D eigenvalue weighted by molar-refractivity contribution is 5.74. The lowest BCUT2D eigenvalue weighted by molar-refractivity contribution is -0.177. The lowest BCUT2D eigenvalue weighted by Crippen LogP contribution is -2.54. The molecule has 42 heavy (non-hydrogen) atoms. The van der Waals surface area contributed by atoms with Crippen LogP contribution >= 0.6 is 0 Å².